The second-order valence-electron chi connectivity index (χ2n) is 7.43. The molecule has 2 saturated heterocycles. The molecule has 2 aliphatic heterocycles. The van der Waals surface area contributed by atoms with Crippen molar-refractivity contribution >= 4 is 0 Å². The quantitative estimate of drug-likeness (QED) is 0.880. The lowest BCUT2D eigenvalue weighted by atomic mass is 9.77. The van der Waals surface area contributed by atoms with E-state index in [1.807, 2.05) is 13.1 Å². The second kappa shape index (κ2) is 6.85. The maximum atomic E-state index is 11.1. The summed E-state index contributed by atoms with van der Waals surface area (Å²) in [6.45, 7) is 6.11. The van der Waals surface area contributed by atoms with Gasteiger partial charge in [-0.3, -0.25) is 9.88 Å². The Balaban J connectivity index is 1.59. The molecule has 1 spiro atoms. The average molecular weight is 319 g/mol. The van der Waals surface area contributed by atoms with Crippen LogP contribution in [0.1, 0.15) is 36.9 Å². The van der Waals surface area contributed by atoms with Crippen LogP contribution < -0.4 is 5.32 Å². The lowest BCUT2D eigenvalue weighted by molar-refractivity contribution is -0.175. The molecule has 0 saturated carbocycles. The Hall–Kier alpha value is -1.01. The zero-order chi connectivity index (χ0) is 16.3. The molecule has 2 aliphatic rings. The Kier molecular flexibility index (Phi) is 5.01. The molecule has 128 valence electrons. The fraction of sp³-hybridized carbons (Fsp3) is 0.722. The highest BCUT2D eigenvalue weighted by molar-refractivity contribution is 5.12. The first-order chi connectivity index (χ1) is 11.0. The highest BCUT2D eigenvalue weighted by Gasteiger charge is 2.45. The predicted octanol–water partition coefficient (Wildman–Crippen LogP) is 1.49. The van der Waals surface area contributed by atoms with Gasteiger partial charge >= 0.3 is 0 Å². The highest BCUT2D eigenvalue weighted by Crippen LogP contribution is 2.38. The van der Waals surface area contributed by atoms with Crippen LogP contribution in [0.25, 0.3) is 0 Å². The summed E-state index contributed by atoms with van der Waals surface area (Å²) in [5, 5.41) is 14.5. The molecule has 0 radical (unpaired) electrons. The summed E-state index contributed by atoms with van der Waals surface area (Å²) >= 11 is 0. The molecule has 0 bridgehead atoms. The largest absolute Gasteiger partial charge is 0.388 e. The number of piperidine rings is 1. The molecule has 5 heteroatoms. The number of aliphatic hydroxyl groups is 1. The first-order valence-corrected chi connectivity index (χ1v) is 8.66. The van der Waals surface area contributed by atoms with E-state index in [4.69, 9.17) is 4.74 Å². The van der Waals surface area contributed by atoms with Crippen LogP contribution in [0.4, 0.5) is 0 Å². The molecule has 0 amide bonds. The van der Waals surface area contributed by atoms with Gasteiger partial charge in [0, 0.05) is 32.1 Å². The smallest absolute Gasteiger partial charge is 0.0823 e. The first kappa shape index (κ1) is 16.8. The number of nitrogens with one attached hydrogen (secondary N) is 1. The van der Waals surface area contributed by atoms with Crippen LogP contribution in [0.2, 0.25) is 0 Å². The van der Waals surface area contributed by atoms with E-state index in [1.165, 1.54) is 5.56 Å². The van der Waals surface area contributed by atoms with Crippen molar-refractivity contribution in [2.24, 2.45) is 0 Å². The second-order valence-corrected chi connectivity index (χ2v) is 7.43. The van der Waals surface area contributed by atoms with Crippen LogP contribution in [0.5, 0.6) is 0 Å². The van der Waals surface area contributed by atoms with Gasteiger partial charge in [-0.25, -0.2) is 0 Å². The van der Waals surface area contributed by atoms with Crippen molar-refractivity contribution in [3.63, 3.8) is 0 Å². The normalized spacial score (nSPS) is 27.5. The molecular weight excluding hydrogens is 290 g/mol. The molecule has 2 N–H and O–H groups in total. The summed E-state index contributed by atoms with van der Waals surface area (Å²) in [5.74, 6) is 0. The van der Waals surface area contributed by atoms with Gasteiger partial charge in [0.25, 0.3) is 0 Å². The van der Waals surface area contributed by atoms with Gasteiger partial charge in [0.05, 0.1) is 23.5 Å². The van der Waals surface area contributed by atoms with Crippen LogP contribution in [0.3, 0.4) is 0 Å². The van der Waals surface area contributed by atoms with Crippen molar-refractivity contribution < 1.29 is 9.84 Å². The fourth-order valence-electron chi connectivity index (χ4n) is 3.96. The van der Waals surface area contributed by atoms with Crippen LogP contribution in [0.15, 0.2) is 18.3 Å². The maximum Gasteiger partial charge on any atom is 0.0823 e. The van der Waals surface area contributed by atoms with Crippen LogP contribution >= 0.6 is 0 Å². The lowest BCUT2D eigenvalue weighted by Crippen LogP contribution is -2.56. The van der Waals surface area contributed by atoms with Crippen molar-refractivity contribution in [2.45, 2.75) is 50.4 Å². The molecular formula is C18H29N3O2. The number of hydrogen-bond acceptors (Lipinski definition) is 5. The SMILES string of the molecule is Cc1ccc(CN(C)CC2(O)CCOC3(CCNCC3)C2)nc1. The van der Waals surface area contributed by atoms with Crippen molar-refractivity contribution in [2.75, 3.05) is 33.3 Å². The molecule has 1 aromatic heterocycles. The number of rotatable bonds is 4. The third-order valence-corrected chi connectivity index (χ3v) is 5.11. The number of likely N-dealkylation sites (N-methyl/N-ethyl adjacent to an activating group) is 1. The predicted molar refractivity (Wildman–Crippen MR) is 90.3 cm³/mol. The summed E-state index contributed by atoms with van der Waals surface area (Å²) in [6.07, 6.45) is 5.36. The molecule has 1 atom stereocenters. The maximum absolute atomic E-state index is 11.1. The zero-order valence-corrected chi connectivity index (χ0v) is 14.3. The van der Waals surface area contributed by atoms with Gasteiger partial charge in [0.2, 0.25) is 0 Å². The van der Waals surface area contributed by atoms with Crippen LogP contribution in [-0.2, 0) is 11.3 Å². The van der Waals surface area contributed by atoms with E-state index < -0.39 is 5.60 Å². The van der Waals surface area contributed by atoms with Gasteiger partial charge in [-0.05, 0) is 51.5 Å². The first-order valence-electron chi connectivity index (χ1n) is 8.66. The summed E-state index contributed by atoms with van der Waals surface area (Å²) in [6, 6.07) is 4.15. The molecule has 0 aliphatic carbocycles. The van der Waals surface area contributed by atoms with E-state index >= 15 is 0 Å². The Morgan fingerprint density at radius 3 is 2.78 bits per heavy atom. The highest BCUT2D eigenvalue weighted by atomic mass is 16.5. The van der Waals surface area contributed by atoms with Crippen molar-refractivity contribution in [3.8, 4) is 0 Å². The molecule has 0 aromatic carbocycles. The minimum atomic E-state index is -0.658. The van der Waals surface area contributed by atoms with E-state index in [0.717, 1.165) is 44.6 Å². The average Bonchev–Trinajstić information content (AvgIpc) is 2.49. The summed E-state index contributed by atoms with van der Waals surface area (Å²) in [5.41, 5.74) is 1.44. The van der Waals surface area contributed by atoms with E-state index in [9.17, 15) is 5.11 Å². The third-order valence-electron chi connectivity index (χ3n) is 5.11. The van der Waals surface area contributed by atoms with Crippen LogP contribution in [-0.4, -0.2) is 59.5 Å². The van der Waals surface area contributed by atoms with E-state index in [1.54, 1.807) is 0 Å². The molecule has 23 heavy (non-hydrogen) atoms. The Morgan fingerprint density at radius 1 is 1.30 bits per heavy atom. The van der Waals surface area contributed by atoms with Gasteiger partial charge in [-0.1, -0.05) is 6.07 Å². The zero-order valence-electron chi connectivity index (χ0n) is 14.3. The van der Waals surface area contributed by atoms with Crippen LogP contribution in [0, 0.1) is 6.92 Å². The number of nitrogens with zero attached hydrogens (tertiary/aromatic N) is 2. The van der Waals surface area contributed by atoms with E-state index in [-0.39, 0.29) is 5.60 Å². The number of pyridine rings is 1. The fourth-order valence-corrected chi connectivity index (χ4v) is 3.96. The van der Waals surface area contributed by atoms with Gasteiger partial charge in [-0.15, -0.1) is 0 Å². The number of hydrogen-bond donors (Lipinski definition) is 2. The molecule has 2 fully saturated rings. The molecule has 3 heterocycles. The summed E-state index contributed by atoms with van der Waals surface area (Å²) in [7, 11) is 2.06. The van der Waals surface area contributed by atoms with Gasteiger partial charge in [0.1, 0.15) is 0 Å². The van der Waals surface area contributed by atoms with E-state index in [2.05, 4.69) is 34.4 Å². The molecule has 1 aromatic rings. The third kappa shape index (κ3) is 4.29. The van der Waals surface area contributed by atoms with Gasteiger partial charge in [-0.2, -0.15) is 0 Å². The Labute approximate surface area is 139 Å². The van der Waals surface area contributed by atoms with Crippen molar-refractivity contribution in [3.05, 3.63) is 29.6 Å². The number of ether oxygens (including phenoxy) is 1. The van der Waals surface area contributed by atoms with Gasteiger partial charge < -0.3 is 15.2 Å². The number of aryl methyl sites for hydroxylation is 1. The standard InChI is InChI=1S/C18H29N3O2/c1-15-3-4-16(20-11-15)12-21(2)14-17(22)7-10-23-18(13-17)5-8-19-9-6-18/h3-4,11,19,22H,5-10,12-14H2,1-2H3. The summed E-state index contributed by atoms with van der Waals surface area (Å²) in [4.78, 5) is 6.64. The Bertz CT molecular complexity index is 508. The molecule has 5 nitrogen and oxygen atoms in total. The minimum Gasteiger partial charge on any atom is -0.388 e. The van der Waals surface area contributed by atoms with E-state index in [0.29, 0.717) is 19.6 Å². The molecule has 1 unspecified atom stereocenters. The summed E-state index contributed by atoms with van der Waals surface area (Å²) < 4.78 is 6.08. The molecule has 3 rings (SSSR count). The van der Waals surface area contributed by atoms with Crippen molar-refractivity contribution in [1.29, 1.82) is 0 Å². The Morgan fingerprint density at radius 2 is 2.09 bits per heavy atom. The monoisotopic (exact) mass is 319 g/mol. The number of aromatic nitrogens is 1. The van der Waals surface area contributed by atoms with Crippen molar-refractivity contribution in [1.82, 2.24) is 15.2 Å². The van der Waals surface area contributed by atoms with Gasteiger partial charge in [0.15, 0.2) is 0 Å². The topological polar surface area (TPSA) is 57.6 Å². The lowest BCUT2D eigenvalue weighted by Gasteiger charge is -2.48. The minimum absolute atomic E-state index is 0.124.